The quantitative estimate of drug-likeness (QED) is 0.630. The van der Waals surface area contributed by atoms with Crippen LogP contribution in [0.2, 0.25) is 10.0 Å². The van der Waals surface area contributed by atoms with Crippen molar-refractivity contribution in [3.05, 3.63) is 37.9 Å². The first-order valence-corrected chi connectivity index (χ1v) is 5.41. The van der Waals surface area contributed by atoms with Crippen LogP contribution in [0.3, 0.4) is 0 Å². The molecule has 0 bridgehead atoms. The molecule has 1 amide bonds. The van der Waals surface area contributed by atoms with Gasteiger partial charge in [0.25, 0.3) is 5.69 Å². The number of amides is 1. The molecule has 0 unspecified atom stereocenters. The van der Waals surface area contributed by atoms with E-state index in [1.165, 1.54) is 11.0 Å². The lowest BCUT2D eigenvalue weighted by molar-refractivity contribution is -0.384. The zero-order valence-electron chi connectivity index (χ0n) is 9.24. The zero-order valence-corrected chi connectivity index (χ0v) is 10.7. The van der Waals surface area contributed by atoms with Gasteiger partial charge in [-0.05, 0) is 11.6 Å². The predicted octanol–water partition coefficient (Wildman–Crippen LogP) is 2.53. The second kappa shape index (κ2) is 5.33. The summed E-state index contributed by atoms with van der Waals surface area (Å²) >= 11 is 11.6. The summed E-state index contributed by atoms with van der Waals surface area (Å²) in [4.78, 5) is 22.9. The van der Waals surface area contributed by atoms with E-state index in [0.717, 1.165) is 6.07 Å². The van der Waals surface area contributed by atoms with E-state index in [9.17, 15) is 14.9 Å². The number of halogens is 2. The van der Waals surface area contributed by atoms with Gasteiger partial charge in [-0.3, -0.25) is 14.9 Å². The summed E-state index contributed by atoms with van der Waals surface area (Å²) in [6.45, 7) is 0. The van der Waals surface area contributed by atoms with Crippen molar-refractivity contribution in [1.29, 1.82) is 0 Å². The van der Waals surface area contributed by atoms with E-state index in [2.05, 4.69) is 0 Å². The zero-order chi connectivity index (χ0) is 13.2. The molecule has 0 spiro atoms. The van der Waals surface area contributed by atoms with Crippen LogP contribution in [0.25, 0.3) is 0 Å². The molecule has 0 saturated carbocycles. The van der Waals surface area contributed by atoms with Crippen molar-refractivity contribution in [2.24, 2.45) is 0 Å². The number of hydrogen-bond donors (Lipinski definition) is 0. The van der Waals surface area contributed by atoms with Gasteiger partial charge in [-0.1, -0.05) is 23.2 Å². The lowest BCUT2D eigenvalue weighted by Crippen LogP contribution is -2.23. The fourth-order valence-electron chi connectivity index (χ4n) is 1.17. The van der Waals surface area contributed by atoms with Crippen molar-refractivity contribution < 1.29 is 9.72 Å². The minimum Gasteiger partial charge on any atom is -0.349 e. The number of likely N-dealkylation sites (N-methyl/N-ethyl adjacent to an activating group) is 1. The molecule has 0 N–H and O–H groups in total. The normalized spacial score (nSPS) is 10.1. The SMILES string of the molecule is CN(C)C(=O)Cc1cc(Cl)c([N+](=O)[O-])cc1Cl. The van der Waals surface area contributed by atoms with E-state index in [1.54, 1.807) is 14.1 Å². The summed E-state index contributed by atoms with van der Waals surface area (Å²) in [5.41, 5.74) is 0.207. The molecule has 92 valence electrons. The number of carbonyl (C=O) groups is 1. The Morgan fingerprint density at radius 3 is 2.41 bits per heavy atom. The van der Waals surface area contributed by atoms with Crippen LogP contribution in [-0.2, 0) is 11.2 Å². The maximum Gasteiger partial charge on any atom is 0.289 e. The minimum atomic E-state index is -0.619. The monoisotopic (exact) mass is 276 g/mol. The Kier molecular flexibility index (Phi) is 4.31. The number of nitro groups is 1. The van der Waals surface area contributed by atoms with E-state index >= 15 is 0 Å². The van der Waals surface area contributed by atoms with E-state index in [4.69, 9.17) is 23.2 Å². The van der Waals surface area contributed by atoms with Gasteiger partial charge in [0.15, 0.2) is 0 Å². The largest absolute Gasteiger partial charge is 0.349 e. The lowest BCUT2D eigenvalue weighted by Gasteiger charge is -2.11. The van der Waals surface area contributed by atoms with Crippen LogP contribution in [-0.4, -0.2) is 29.8 Å². The van der Waals surface area contributed by atoms with Crippen molar-refractivity contribution in [2.45, 2.75) is 6.42 Å². The first kappa shape index (κ1) is 13.7. The molecule has 0 aliphatic carbocycles. The Bertz CT molecular complexity index is 475. The molecule has 1 aromatic rings. The lowest BCUT2D eigenvalue weighted by atomic mass is 10.1. The van der Waals surface area contributed by atoms with E-state index in [1.807, 2.05) is 0 Å². The molecule has 0 fully saturated rings. The van der Waals surface area contributed by atoms with Crippen LogP contribution in [0.4, 0.5) is 5.69 Å². The van der Waals surface area contributed by atoms with Crippen LogP contribution >= 0.6 is 23.2 Å². The highest BCUT2D eigenvalue weighted by atomic mass is 35.5. The fourth-order valence-corrected chi connectivity index (χ4v) is 1.65. The molecule has 0 radical (unpaired) electrons. The predicted molar refractivity (Wildman–Crippen MR) is 65.5 cm³/mol. The standard InChI is InChI=1S/C10H10Cl2N2O3/c1-13(2)10(15)4-6-3-8(12)9(14(16)17)5-7(6)11/h3,5H,4H2,1-2H3. The Balaban J connectivity index is 3.08. The summed E-state index contributed by atoms with van der Waals surface area (Å²) in [6.07, 6.45) is 0.0591. The van der Waals surface area contributed by atoms with E-state index < -0.39 is 4.92 Å². The summed E-state index contributed by atoms with van der Waals surface area (Å²) in [6, 6.07) is 2.51. The molecule has 17 heavy (non-hydrogen) atoms. The molecule has 7 heteroatoms. The van der Waals surface area contributed by atoms with Gasteiger partial charge < -0.3 is 4.90 Å². The average molecular weight is 277 g/mol. The van der Waals surface area contributed by atoms with E-state index in [-0.39, 0.29) is 28.1 Å². The molecule has 1 rings (SSSR count). The highest BCUT2D eigenvalue weighted by molar-refractivity contribution is 6.35. The second-order valence-corrected chi connectivity index (χ2v) is 4.43. The molecule has 0 heterocycles. The Labute approximate surface area is 108 Å². The fraction of sp³-hybridized carbons (Fsp3) is 0.300. The number of rotatable bonds is 3. The van der Waals surface area contributed by atoms with Crippen LogP contribution in [0.1, 0.15) is 5.56 Å². The van der Waals surface area contributed by atoms with Crippen LogP contribution in [0, 0.1) is 10.1 Å². The number of benzene rings is 1. The molecule has 1 aromatic carbocycles. The molecule has 0 atom stereocenters. The third kappa shape index (κ3) is 3.31. The maximum atomic E-state index is 11.5. The molecular weight excluding hydrogens is 267 g/mol. The van der Waals surface area contributed by atoms with Crippen molar-refractivity contribution >= 4 is 34.8 Å². The maximum absolute atomic E-state index is 11.5. The first-order chi connectivity index (χ1) is 7.82. The third-order valence-corrected chi connectivity index (χ3v) is 2.81. The molecule has 0 aliphatic heterocycles. The van der Waals surface area contributed by atoms with Gasteiger partial charge in [0.2, 0.25) is 5.91 Å². The van der Waals surface area contributed by atoms with Gasteiger partial charge >= 0.3 is 0 Å². The van der Waals surface area contributed by atoms with Gasteiger partial charge in [0, 0.05) is 20.2 Å². The van der Waals surface area contributed by atoms with Crippen LogP contribution in [0.15, 0.2) is 12.1 Å². The molecule has 0 aliphatic rings. The average Bonchev–Trinajstić information content (AvgIpc) is 2.22. The Morgan fingerprint density at radius 2 is 1.94 bits per heavy atom. The minimum absolute atomic E-state index is 0.0269. The second-order valence-electron chi connectivity index (χ2n) is 3.62. The van der Waals surface area contributed by atoms with Crippen molar-refractivity contribution in [3.63, 3.8) is 0 Å². The van der Waals surface area contributed by atoms with Crippen molar-refractivity contribution in [2.75, 3.05) is 14.1 Å². The number of carbonyl (C=O) groups excluding carboxylic acids is 1. The number of nitro benzene ring substituents is 1. The van der Waals surface area contributed by atoms with Gasteiger partial charge in [0.05, 0.1) is 16.4 Å². The van der Waals surface area contributed by atoms with Crippen LogP contribution in [0.5, 0.6) is 0 Å². The highest BCUT2D eigenvalue weighted by Crippen LogP contribution is 2.31. The molecule has 5 nitrogen and oxygen atoms in total. The highest BCUT2D eigenvalue weighted by Gasteiger charge is 2.17. The molecule has 0 aromatic heterocycles. The molecular formula is C10H10Cl2N2O3. The van der Waals surface area contributed by atoms with Crippen molar-refractivity contribution in [3.8, 4) is 0 Å². The summed E-state index contributed by atoms with van der Waals surface area (Å²) in [5.74, 6) is -0.156. The Hall–Kier alpha value is -1.33. The van der Waals surface area contributed by atoms with E-state index in [0.29, 0.717) is 5.56 Å². The van der Waals surface area contributed by atoms with Crippen molar-refractivity contribution in [1.82, 2.24) is 4.90 Å². The summed E-state index contributed by atoms with van der Waals surface area (Å²) in [7, 11) is 3.23. The Morgan fingerprint density at radius 1 is 1.35 bits per heavy atom. The van der Waals surface area contributed by atoms with Gasteiger partial charge in [-0.25, -0.2) is 0 Å². The topological polar surface area (TPSA) is 63.5 Å². The molecule has 0 saturated heterocycles. The number of hydrogen-bond acceptors (Lipinski definition) is 3. The number of nitrogens with zero attached hydrogens (tertiary/aromatic N) is 2. The summed E-state index contributed by atoms with van der Waals surface area (Å²) < 4.78 is 0. The smallest absolute Gasteiger partial charge is 0.289 e. The van der Waals surface area contributed by atoms with Crippen LogP contribution < -0.4 is 0 Å². The third-order valence-electron chi connectivity index (χ3n) is 2.15. The van der Waals surface area contributed by atoms with Gasteiger partial charge in [-0.15, -0.1) is 0 Å². The summed E-state index contributed by atoms with van der Waals surface area (Å²) in [5, 5.41) is 10.7. The van der Waals surface area contributed by atoms with Gasteiger partial charge in [0.1, 0.15) is 5.02 Å². The van der Waals surface area contributed by atoms with Gasteiger partial charge in [-0.2, -0.15) is 0 Å². The first-order valence-electron chi connectivity index (χ1n) is 4.65.